The van der Waals surface area contributed by atoms with Crippen LogP contribution in [0.2, 0.25) is 0 Å². The number of para-hydroxylation sites is 1. The van der Waals surface area contributed by atoms with Gasteiger partial charge in [-0.15, -0.1) is 0 Å². The van der Waals surface area contributed by atoms with E-state index in [0.717, 1.165) is 0 Å². The van der Waals surface area contributed by atoms with Gasteiger partial charge in [0.1, 0.15) is 4.99 Å². The van der Waals surface area contributed by atoms with Gasteiger partial charge in [0.05, 0.1) is 4.92 Å². The number of piperidine rings is 1. The molecule has 0 bridgehead atoms. The summed E-state index contributed by atoms with van der Waals surface area (Å²) in [5, 5.41) is 22.5. The lowest BCUT2D eigenvalue weighted by Gasteiger charge is -2.25. The minimum absolute atomic E-state index is 0.0200. The van der Waals surface area contributed by atoms with Crippen LogP contribution in [0, 0.1) is 10.1 Å². The lowest BCUT2D eigenvalue weighted by molar-refractivity contribution is -0.385. The van der Waals surface area contributed by atoms with Gasteiger partial charge in [-0.2, -0.15) is 0 Å². The number of carbonyl (C=O) groups is 1. The fraction of sp³-hybridized carbons (Fsp3) is 0.167. The summed E-state index contributed by atoms with van der Waals surface area (Å²) in [6.45, 7) is 0. The fourth-order valence-corrected chi connectivity index (χ4v) is 2.34. The van der Waals surface area contributed by atoms with Gasteiger partial charge in [0.2, 0.25) is 5.91 Å². The van der Waals surface area contributed by atoms with Crippen molar-refractivity contribution < 1.29 is 9.72 Å². The molecule has 1 amide bonds. The summed E-state index contributed by atoms with van der Waals surface area (Å²) >= 11 is 4.93. The zero-order chi connectivity index (χ0) is 14.0. The molecule has 1 fully saturated rings. The van der Waals surface area contributed by atoms with Crippen molar-refractivity contribution >= 4 is 34.7 Å². The van der Waals surface area contributed by atoms with Crippen LogP contribution in [0.4, 0.5) is 5.69 Å². The number of rotatable bonds is 2. The lowest BCUT2D eigenvalue weighted by atomic mass is 9.85. The molecule has 0 radical (unpaired) electrons. The maximum Gasteiger partial charge on any atom is 0.273 e. The van der Waals surface area contributed by atoms with E-state index >= 15 is 0 Å². The third kappa shape index (κ3) is 2.42. The molecule has 1 atom stereocenters. The third-order valence-electron chi connectivity index (χ3n) is 2.86. The molecule has 2 rings (SSSR count). The predicted octanol–water partition coefficient (Wildman–Crippen LogP) is 1.69. The van der Waals surface area contributed by atoms with Crippen molar-refractivity contribution in [1.29, 1.82) is 0 Å². The summed E-state index contributed by atoms with van der Waals surface area (Å²) in [5.41, 5.74) is 0.405. The molecule has 6 nitrogen and oxygen atoms in total. The molecule has 1 aromatic carbocycles. The van der Waals surface area contributed by atoms with E-state index in [1.165, 1.54) is 12.1 Å². The van der Waals surface area contributed by atoms with Gasteiger partial charge in [0.15, 0.2) is 0 Å². The molecule has 96 valence electrons. The zero-order valence-corrected chi connectivity index (χ0v) is 10.4. The highest BCUT2D eigenvalue weighted by molar-refractivity contribution is 7.80. The van der Waals surface area contributed by atoms with E-state index in [0.29, 0.717) is 5.56 Å². The largest absolute Gasteiger partial charge is 0.763 e. The number of amides is 1. The Morgan fingerprint density at radius 3 is 2.79 bits per heavy atom. The number of nitrogens with zero attached hydrogens (tertiary/aromatic N) is 2. The molecule has 0 aromatic heterocycles. The topological polar surface area (TPSA) is 94.5 Å². The Hall–Kier alpha value is -2.37. The van der Waals surface area contributed by atoms with Crippen molar-refractivity contribution in [3.63, 3.8) is 0 Å². The molecule has 1 aliphatic rings. The first kappa shape index (κ1) is 13.1. The van der Waals surface area contributed by atoms with E-state index in [2.05, 4.69) is 5.32 Å². The molecule has 19 heavy (non-hydrogen) atoms. The number of nitro benzene ring substituents is 1. The fourth-order valence-electron chi connectivity index (χ4n) is 2.03. The second-order valence-electron chi connectivity index (χ2n) is 3.98. The Bertz CT molecular complexity index is 635. The number of carbonyl (C=O) groups excluding carboxylic acids is 1. The predicted molar refractivity (Wildman–Crippen MR) is 73.1 cm³/mol. The molecule has 1 aromatic rings. The summed E-state index contributed by atoms with van der Waals surface area (Å²) in [6.07, 6.45) is -0.0200. The van der Waals surface area contributed by atoms with Gasteiger partial charge in [-0.25, -0.2) is 0 Å². The maximum absolute atomic E-state index is 11.5. The SMILES string of the molecule is [N-]=C=C1C(=S)NC(=O)CC1c1ccccc1[N+](=O)[O-]. The standard InChI is InChI=1S/C12H8N3O3S/c13-6-9-8(5-11(16)14-12(9)19)7-3-1-2-4-10(7)15(17)18/h1-4,8H,5H2,(H,14,16,19)/q-1. The molecule has 0 saturated carbocycles. The molecule has 1 unspecified atom stereocenters. The van der Waals surface area contributed by atoms with Crippen molar-refractivity contribution in [3.05, 3.63) is 50.9 Å². The van der Waals surface area contributed by atoms with Gasteiger partial charge in [-0.1, -0.05) is 30.4 Å². The van der Waals surface area contributed by atoms with Gasteiger partial charge >= 0.3 is 0 Å². The molecule has 7 heteroatoms. The number of nitro groups is 1. The summed E-state index contributed by atoms with van der Waals surface area (Å²) in [6, 6.07) is 6.06. The van der Waals surface area contributed by atoms with Crippen LogP contribution in [0.25, 0.3) is 5.41 Å². The third-order valence-corrected chi connectivity index (χ3v) is 3.19. The monoisotopic (exact) mass is 274 g/mol. The first-order chi connectivity index (χ1) is 9.04. The highest BCUT2D eigenvalue weighted by Crippen LogP contribution is 2.35. The number of hydrogen-bond donors (Lipinski definition) is 1. The number of hydrogen-bond acceptors (Lipinski definition) is 4. The van der Waals surface area contributed by atoms with Crippen molar-refractivity contribution in [3.8, 4) is 0 Å². The Morgan fingerprint density at radius 2 is 2.16 bits per heavy atom. The first-order valence-corrected chi connectivity index (χ1v) is 5.80. The van der Waals surface area contributed by atoms with Crippen LogP contribution in [-0.4, -0.2) is 21.7 Å². The molecular weight excluding hydrogens is 266 g/mol. The molecule has 1 N–H and O–H groups in total. The quantitative estimate of drug-likeness (QED) is 0.292. The summed E-state index contributed by atoms with van der Waals surface area (Å²) in [5.74, 6) is 0.927. The van der Waals surface area contributed by atoms with Crippen LogP contribution in [0.1, 0.15) is 17.9 Å². The van der Waals surface area contributed by atoms with Crippen LogP contribution >= 0.6 is 12.2 Å². The second kappa shape index (κ2) is 5.09. The Labute approximate surface area is 113 Å². The Morgan fingerprint density at radius 1 is 1.47 bits per heavy atom. The van der Waals surface area contributed by atoms with Crippen LogP contribution in [0.5, 0.6) is 0 Å². The van der Waals surface area contributed by atoms with Crippen molar-refractivity contribution in [2.24, 2.45) is 0 Å². The van der Waals surface area contributed by atoms with Crippen LogP contribution in [0.15, 0.2) is 29.8 Å². The Balaban J connectivity index is 2.56. The van der Waals surface area contributed by atoms with E-state index in [1.807, 2.05) is 5.87 Å². The maximum atomic E-state index is 11.5. The first-order valence-electron chi connectivity index (χ1n) is 5.39. The van der Waals surface area contributed by atoms with Crippen LogP contribution in [0.3, 0.4) is 0 Å². The zero-order valence-electron chi connectivity index (χ0n) is 9.62. The van der Waals surface area contributed by atoms with Gasteiger partial charge < -0.3 is 10.7 Å². The van der Waals surface area contributed by atoms with Crippen LogP contribution in [-0.2, 0) is 4.79 Å². The van der Waals surface area contributed by atoms with Gasteiger partial charge in [0, 0.05) is 29.5 Å². The molecule has 0 spiro atoms. The highest BCUT2D eigenvalue weighted by atomic mass is 32.1. The highest BCUT2D eigenvalue weighted by Gasteiger charge is 2.32. The molecular formula is C12H8N3O3S-. The second-order valence-corrected chi connectivity index (χ2v) is 4.38. The minimum Gasteiger partial charge on any atom is -0.763 e. The van der Waals surface area contributed by atoms with Gasteiger partial charge in [-0.05, 0) is 0 Å². The average molecular weight is 274 g/mol. The van der Waals surface area contributed by atoms with Crippen LogP contribution < -0.4 is 5.32 Å². The molecule has 1 saturated heterocycles. The van der Waals surface area contributed by atoms with E-state index in [1.54, 1.807) is 12.1 Å². The summed E-state index contributed by atoms with van der Waals surface area (Å²) in [4.78, 5) is 22.0. The van der Waals surface area contributed by atoms with Crippen molar-refractivity contribution in [1.82, 2.24) is 5.32 Å². The van der Waals surface area contributed by atoms with Gasteiger partial charge in [0.25, 0.3) is 5.69 Å². The average Bonchev–Trinajstić information content (AvgIpc) is 2.37. The van der Waals surface area contributed by atoms with E-state index in [-0.39, 0.29) is 28.6 Å². The summed E-state index contributed by atoms with van der Waals surface area (Å²) in [7, 11) is 0. The normalized spacial score (nSPS) is 18.7. The van der Waals surface area contributed by atoms with Crippen molar-refractivity contribution in [2.75, 3.05) is 0 Å². The van der Waals surface area contributed by atoms with Crippen molar-refractivity contribution in [2.45, 2.75) is 12.3 Å². The molecule has 1 aliphatic heterocycles. The Kier molecular flexibility index (Phi) is 3.50. The molecule has 1 heterocycles. The number of benzene rings is 1. The van der Waals surface area contributed by atoms with E-state index in [4.69, 9.17) is 17.6 Å². The number of nitrogens with one attached hydrogen (secondary N) is 1. The van der Waals surface area contributed by atoms with E-state index < -0.39 is 10.8 Å². The van der Waals surface area contributed by atoms with Gasteiger partial charge in [-0.3, -0.25) is 20.8 Å². The summed E-state index contributed by atoms with van der Waals surface area (Å²) < 4.78 is 0. The van der Waals surface area contributed by atoms with E-state index in [9.17, 15) is 14.9 Å². The lowest BCUT2D eigenvalue weighted by Crippen LogP contribution is -2.39. The smallest absolute Gasteiger partial charge is 0.273 e. The minimum atomic E-state index is -0.659. The molecule has 0 aliphatic carbocycles. The number of thiocarbonyl (C=S) groups is 1.